The maximum Gasteiger partial charge on any atom is 0.258 e. The van der Waals surface area contributed by atoms with Crippen molar-refractivity contribution in [2.24, 2.45) is 7.05 Å². The number of aromatic nitrogens is 1. The van der Waals surface area contributed by atoms with Crippen LogP contribution >= 0.6 is 0 Å². The van der Waals surface area contributed by atoms with Crippen molar-refractivity contribution in [3.63, 3.8) is 0 Å². The van der Waals surface area contributed by atoms with Gasteiger partial charge in [0.2, 0.25) is 0 Å². The van der Waals surface area contributed by atoms with Crippen LogP contribution in [-0.2, 0) is 11.8 Å². The zero-order chi connectivity index (χ0) is 19.6. The number of fused-ring (bicyclic) bond motifs is 1. The number of aldehydes is 1. The highest BCUT2D eigenvalue weighted by Crippen LogP contribution is 2.36. The number of aryl methyl sites for hydroxylation is 1. The van der Waals surface area contributed by atoms with Crippen LogP contribution in [-0.4, -0.2) is 18.0 Å². The Morgan fingerprint density at radius 1 is 1.11 bits per heavy atom. The number of methoxy groups -OCH3 is 1. The van der Waals surface area contributed by atoms with E-state index in [4.69, 9.17) is 4.74 Å². The number of ether oxygens (including phenoxy) is 1. The van der Waals surface area contributed by atoms with Gasteiger partial charge in [0.15, 0.2) is 0 Å². The molecule has 0 N–H and O–H groups in total. The fourth-order valence-corrected chi connectivity index (χ4v) is 3.72. The van der Waals surface area contributed by atoms with Gasteiger partial charge in [-0.25, -0.2) is 0 Å². The minimum atomic E-state index is -0.324. The lowest BCUT2D eigenvalue weighted by atomic mass is 9.89. The molecule has 0 aliphatic carbocycles. The third-order valence-corrected chi connectivity index (χ3v) is 5.09. The lowest BCUT2D eigenvalue weighted by Crippen LogP contribution is -2.24. The molecule has 4 nitrogen and oxygen atoms in total. The van der Waals surface area contributed by atoms with Crippen LogP contribution < -0.4 is 10.3 Å². The van der Waals surface area contributed by atoms with E-state index in [9.17, 15) is 9.59 Å². The van der Waals surface area contributed by atoms with Crippen LogP contribution in [0.4, 0.5) is 0 Å². The summed E-state index contributed by atoms with van der Waals surface area (Å²) in [5.74, 6) is 0.445. The van der Waals surface area contributed by atoms with Crippen LogP contribution in [0.2, 0.25) is 0 Å². The molecule has 1 heterocycles. The molecule has 0 amide bonds. The molecule has 0 radical (unpaired) electrons. The molecule has 1 atom stereocenters. The van der Waals surface area contributed by atoms with E-state index < -0.39 is 0 Å². The fourth-order valence-electron chi connectivity index (χ4n) is 3.72. The van der Waals surface area contributed by atoms with E-state index in [1.54, 1.807) is 18.7 Å². The topological polar surface area (TPSA) is 48.3 Å². The van der Waals surface area contributed by atoms with Crippen molar-refractivity contribution in [1.29, 1.82) is 0 Å². The number of pyridine rings is 1. The lowest BCUT2D eigenvalue weighted by Gasteiger charge is -2.22. The second-order valence-electron chi connectivity index (χ2n) is 6.93. The first kappa shape index (κ1) is 18.9. The number of hydrogen-bond donors (Lipinski definition) is 0. The highest BCUT2D eigenvalue weighted by atomic mass is 16.5. The third-order valence-electron chi connectivity index (χ3n) is 5.09. The van der Waals surface area contributed by atoms with Gasteiger partial charge >= 0.3 is 0 Å². The van der Waals surface area contributed by atoms with Crippen molar-refractivity contribution in [3.05, 3.63) is 64.1 Å². The maximum absolute atomic E-state index is 13.0. The first-order valence-electron chi connectivity index (χ1n) is 9.24. The fraction of sp³-hybridized carbons (Fsp3) is 0.304. The summed E-state index contributed by atoms with van der Waals surface area (Å²) in [7, 11) is 3.39. The first-order valence-corrected chi connectivity index (χ1v) is 9.24. The van der Waals surface area contributed by atoms with Gasteiger partial charge in [-0.1, -0.05) is 43.2 Å². The monoisotopic (exact) mass is 363 g/mol. The Hall–Kier alpha value is -2.88. The Morgan fingerprint density at radius 3 is 2.41 bits per heavy atom. The average Bonchev–Trinajstić information content (AvgIpc) is 2.69. The Labute approximate surface area is 159 Å². The molecule has 3 aromatic rings. The highest BCUT2D eigenvalue weighted by Gasteiger charge is 2.22. The molecule has 1 aromatic heterocycles. The van der Waals surface area contributed by atoms with Gasteiger partial charge in [0.05, 0.1) is 13.0 Å². The highest BCUT2D eigenvalue weighted by molar-refractivity contribution is 5.98. The SMILES string of the molecule is CCCC(C=O)c1c(-c2ccc(OC)cc2)c2cc(C)ccc2c(=O)n1C. The molecule has 4 heteroatoms. The van der Waals surface area contributed by atoms with Crippen LogP contribution in [0.3, 0.4) is 0 Å². The minimum absolute atomic E-state index is 0.0692. The second kappa shape index (κ2) is 7.78. The average molecular weight is 363 g/mol. The quantitative estimate of drug-likeness (QED) is 0.601. The molecule has 1 unspecified atom stereocenters. The minimum Gasteiger partial charge on any atom is -0.497 e. The van der Waals surface area contributed by atoms with Crippen molar-refractivity contribution >= 4 is 17.1 Å². The summed E-state index contributed by atoms with van der Waals surface area (Å²) in [6.45, 7) is 4.06. The number of hydrogen-bond acceptors (Lipinski definition) is 3. The smallest absolute Gasteiger partial charge is 0.258 e. The number of benzene rings is 2. The molecule has 0 saturated heterocycles. The van der Waals surface area contributed by atoms with Gasteiger partial charge in [-0.2, -0.15) is 0 Å². The Bertz CT molecular complexity index is 1030. The van der Waals surface area contributed by atoms with Gasteiger partial charge in [-0.3, -0.25) is 4.79 Å². The maximum atomic E-state index is 13.0. The summed E-state index contributed by atoms with van der Waals surface area (Å²) in [6, 6.07) is 13.6. The van der Waals surface area contributed by atoms with Crippen molar-refractivity contribution in [2.45, 2.75) is 32.6 Å². The molecular formula is C23H25NO3. The molecule has 27 heavy (non-hydrogen) atoms. The van der Waals surface area contributed by atoms with E-state index in [-0.39, 0.29) is 11.5 Å². The van der Waals surface area contributed by atoms with E-state index in [0.717, 1.165) is 46.2 Å². The van der Waals surface area contributed by atoms with Crippen LogP contribution in [0.15, 0.2) is 47.3 Å². The standard InChI is InChI=1S/C23H25NO3/c1-5-6-17(14-25)22-21(16-8-10-18(27-4)11-9-16)20-13-15(2)7-12-19(20)23(26)24(22)3/h7-14,17H,5-6H2,1-4H3. The largest absolute Gasteiger partial charge is 0.497 e. The Morgan fingerprint density at radius 2 is 1.81 bits per heavy atom. The van der Waals surface area contributed by atoms with Gasteiger partial charge in [0.1, 0.15) is 12.0 Å². The van der Waals surface area contributed by atoms with Crippen molar-refractivity contribution in [3.8, 4) is 16.9 Å². The van der Waals surface area contributed by atoms with Gasteiger partial charge in [0.25, 0.3) is 5.56 Å². The van der Waals surface area contributed by atoms with Crippen molar-refractivity contribution in [1.82, 2.24) is 4.57 Å². The van der Waals surface area contributed by atoms with E-state index in [0.29, 0.717) is 11.8 Å². The molecular weight excluding hydrogens is 338 g/mol. The molecule has 0 aliphatic heterocycles. The zero-order valence-corrected chi connectivity index (χ0v) is 16.3. The number of nitrogens with zero attached hydrogens (tertiary/aromatic N) is 1. The van der Waals surface area contributed by atoms with E-state index in [2.05, 4.69) is 0 Å². The first-order chi connectivity index (χ1) is 13.0. The van der Waals surface area contributed by atoms with E-state index in [1.165, 1.54) is 0 Å². The predicted molar refractivity (Wildman–Crippen MR) is 110 cm³/mol. The van der Waals surface area contributed by atoms with Gasteiger partial charge in [-0.05, 0) is 42.5 Å². The summed E-state index contributed by atoms with van der Waals surface area (Å²) in [6.07, 6.45) is 2.54. The van der Waals surface area contributed by atoms with Crippen LogP contribution in [0, 0.1) is 6.92 Å². The number of carbonyl (C=O) groups excluding carboxylic acids is 1. The molecule has 0 spiro atoms. The molecule has 0 aliphatic rings. The van der Waals surface area contributed by atoms with Crippen LogP contribution in [0.5, 0.6) is 5.75 Å². The summed E-state index contributed by atoms with van der Waals surface area (Å²) in [4.78, 5) is 24.9. The van der Waals surface area contributed by atoms with Gasteiger partial charge < -0.3 is 14.1 Å². The Balaban J connectivity index is 2.45. The summed E-state index contributed by atoms with van der Waals surface area (Å²) < 4.78 is 6.93. The molecule has 0 saturated carbocycles. The van der Waals surface area contributed by atoms with Crippen molar-refractivity contribution < 1.29 is 9.53 Å². The molecule has 3 rings (SSSR count). The molecule has 0 fully saturated rings. The van der Waals surface area contributed by atoms with E-state index >= 15 is 0 Å². The second-order valence-corrected chi connectivity index (χ2v) is 6.93. The van der Waals surface area contributed by atoms with Gasteiger partial charge in [-0.15, -0.1) is 0 Å². The molecule has 2 aromatic carbocycles. The molecule has 0 bridgehead atoms. The van der Waals surface area contributed by atoms with Crippen LogP contribution in [0.1, 0.15) is 36.9 Å². The lowest BCUT2D eigenvalue weighted by molar-refractivity contribution is -0.109. The normalized spacial score (nSPS) is 12.1. The predicted octanol–water partition coefficient (Wildman–Crippen LogP) is 4.61. The van der Waals surface area contributed by atoms with Crippen molar-refractivity contribution in [2.75, 3.05) is 7.11 Å². The molecule has 140 valence electrons. The van der Waals surface area contributed by atoms with Gasteiger partial charge in [0, 0.05) is 23.7 Å². The van der Waals surface area contributed by atoms with E-state index in [1.807, 2.05) is 56.3 Å². The zero-order valence-electron chi connectivity index (χ0n) is 16.3. The summed E-state index contributed by atoms with van der Waals surface area (Å²) in [5, 5.41) is 1.56. The Kier molecular flexibility index (Phi) is 5.45. The number of carbonyl (C=O) groups is 1. The van der Waals surface area contributed by atoms with Crippen LogP contribution in [0.25, 0.3) is 21.9 Å². The summed E-state index contributed by atoms with van der Waals surface area (Å²) in [5.41, 5.74) is 3.71. The number of rotatable bonds is 6. The third kappa shape index (κ3) is 3.39. The summed E-state index contributed by atoms with van der Waals surface area (Å²) >= 11 is 0.